The molecule has 4 rings (SSSR count). The normalized spacial score (nSPS) is 30.6. The van der Waals surface area contributed by atoms with Crippen LogP contribution in [0.2, 0.25) is 0 Å². The van der Waals surface area contributed by atoms with Crippen molar-refractivity contribution in [1.82, 2.24) is 0 Å². The van der Waals surface area contributed by atoms with Crippen LogP contribution in [0.25, 0.3) is 10.4 Å². The molecule has 0 radical (unpaired) electrons. The molecule has 156 valence electrons. The summed E-state index contributed by atoms with van der Waals surface area (Å²) in [6, 6.07) is 17.4. The van der Waals surface area contributed by atoms with E-state index in [0.717, 1.165) is 5.56 Å². The van der Waals surface area contributed by atoms with Gasteiger partial charge in [-0.1, -0.05) is 53.6 Å². The molecule has 8 nitrogen and oxygen atoms in total. The summed E-state index contributed by atoms with van der Waals surface area (Å²) in [6.07, 6.45) is -0.707. The molecule has 2 heterocycles. The summed E-state index contributed by atoms with van der Waals surface area (Å²) in [5, 5.41) is 3.89. The molecule has 0 aromatic heterocycles. The van der Waals surface area contributed by atoms with Crippen molar-refractivity contribution in [1.29, 1.82) is 0 Å². The van der Waals surface area contributed by atoms with Crippen molar-refractivity contribution in [3.8, 4) is 0 Å². The van der Waals surface area contributed by atoms with Gasteiger partial charge in [0.15, 0.2) is 6.29 Å². The van der Waals surface area contributed by atoms with E-state index in [0.29, 0.717) is 5.56 Å². The van der Waals surface area contributed by atoms with Gasteiger partial charge in [0.1, 0.15) is 29.8 Å². The summed E-state index contributed by atoms with van der Waals surface area (Å²) < 4.78 is 24.0. The second-order valence-electron chi connectivity index (χ2n) is 6.89. The fraction of sp³-hybridized carbons (Fsp3) is 0.381. The maximum Gasteiger partial charge on any atom is 0.338 e. The van der Waals surface area contributed by atoms with E-state index in [4.69, 9.17) is 24.5 Å². The summed E-state index contributed by atoms with van der Waals surface area (Å²) in [7, 11) is 0. The van der Waals surface area contributed by atoms with Gasteiger partial charge in [0.25, 0.3) is 0 Å². The van der Waals surface area contributed by atoms with Crippen molar-refractivity contribution >= 4 is 17.7 Å². The van der Waals surface area contributed by atoms with Crippen molar-refractivity contribution in [2.45, 2.75) is 36.1 Å². The number of nitrogens with zero attached hydrogens (tertiary/aromatic N) is 3. The number of esters is 1. The van der Waals surface area contributed by atoms with E-state index >= 15 is 0 Å². The number of azide groups is 1. The lowest BCUT2D eigenvalue weighted by Crippen LogP contribution is -2.61. The molecular weight excluding hydrogens is 406 g/mol. The number of hydrogen-bond donors (Lipinski definition) is 0. The minimum atomic E-state index is -0.820. The summed E-state index contributed by atoms with van der Waals surface area (Å²) in [6.45, 7) is 0.268. The van der Waals surface area contributed by atoms with E-state index in [1.807, 2.05) is 42.7 Å². The number of carbonyl (C=O) groups excluding carboxylic acids is 1. The first-order valence-electron chi connectivity index (χ1n) is 9.51. The van der Waals surface area contributed by atoms with Crippen molar-refractivity contribution in [3.63, 3.8) is 0 Å². The van der Waals surface area contributed by atoms with E-state index in [1.165, 1.54) is 11.8 Å². The number of rotatable bonds is 5. The fourth-order valence-electron chi connectivity index (χ4n) is 3.62. The first-order chi connectivity index (χ1) is 14.7. The molecule has 9 heteroatoms. The average Bonchev–Trinajstić information content (AvgIpc) is 2.81. The highest BCUT2D eigenvalue weighted by atomic mass is 32.2. The fourth-order valence-corrected chi connectivity index (χ4v) is 4.36. The Kier molecular flexibility index (Phi) is 6.56. The maximum absolute atomic E-state index is 12.8. The molecule has 2 aromatic carbocycles. The highest BCUT2D eigenvalue weighted by Gasteiger charge is 2.51. The summed E-state index contributed by atoms with van der Waals surface area (Å²) in [4.78, 5) is 15.7. The Morgan fingerprint density at radius 2 is 1.83 bits per heavy atom. The highest BCUT2D eigenvalue weighted by molar-refractivity contribution is 7.99. The molecule has 0 amide bonds. The molecule has 0 bridgehead atoms. The SMILES string of the molecule is CS[C@@H]1OC2COC(c3ccccc3)O[C@H]2C(OC(=O)c2ccccc2)[C@@H]1N=[N+]=[N-]. The average molecular weight is 427 g/mol. The predicted molar refractivity (Wildman–Crippen MR) is 111 cm³/mol. The van der Waals surface area contributed by atoms with E-state index in [1.54, 1.807) is 24.3 Å². The van der Waals surface area contributed by atoms with Gasteiger partial charge < -0.3 is 18.9 Å². The predicted octanol–water partition coefficient (Wildman–Crippen LogP) is 4.09. The monoisotopic (exact) mass is 427 g/mol. The largest absolute Gasteiger partial charge is 0.455 e. The zero-order valence-corrected chi connectivity index (χ0v) is 17.1. The van der Waals surface area contributed by atoms with Crippen LogP contribution in [0.3, 0.4) is 0 Å². The van der Waals surface area contributed by atoms with Gasteiger partial charge >= 0.3 is 5.97 Å². The molecule has 0 spiro atoms. The molecule has 2 aromatic rings. The number of fused-ring (bicyclic) bond motifs is 1. The molecule has 2 aliphatic rings. The van der Waals surface area contributed by atoms with Gasteiger partial charge in [0.2, 0.25) is 0 Å². The minimum absolute atomic E-state index is 0.268. The quantitative estimate of drug-likeness (QED) is 0.308. The third kappa shape index (κ3) is 4.30. The molecule has 2 fully saturated rings. The zero-order chi connectivity index (χ0) is 20.9. The van der Waals surface area contributed by atoms with Gasteiger partial charge in [-0.15, -0.1) is 11.8 Å². The Hall–Kier alpha value is -2.55. The third-order valence-electron chi connectivity index (χ3n) is 5.05. The van der Waals surface area contributed by atoms with Gasteiger partial charge in [-0.2, -0.15) is 0 Å². The van der Waals surface area contributed by atoms with Crippen LogP contribution < -0.4 is 0 Å². The molecule has 2 saturated heterocycles. The topological polar surface area (TPSA) is 103 Å². The Bertz CT molecular complexity index is 909. The van der Waals surface area contributed by atoms with Crippen molar-refractivity contribution in [3.05, 3.63) is 82.2 Å². The van der Waals surface area contributed by atoms with Crippen LogP contribution >= 0.6 is 11.8 Å². The van der Waals surface area contributed by atoms with E-state index < -0.39 is 42.0 Å². The third-order valence-corrected chi connectivity index (χ3v) is 5.90. The second-order valence-corrected chi connectivity index (χ2v) is 7.82. The van der Waals surface area contributed by atoms with Crippen LogP contribution in [0, 0.1) is 0 Å². The number of carbonyl (C=O) groups is 1. The van der Waals surface area contributed by atoms with E-state index in [-0.39, 0.29) is 6.61 Å². The van der Waals surface area contributed by atoms with Gasteiger partial charge in [0.05, 0.1) is 12.2 Å². The van der Waals surface area contributed by atoms with Gasteiger partial charge in [-0.3, -0.25) is 0 Å². The van der Waals surface area contributed by atoms with E-state index in [2.05, 4.69) is 10.0 Å². The van der Waals surface area contributed by atoms with Crippen molar-refractivity contribution in [2.24, 2.45) is 5.11 Å². The van der Waals surface area contributed by atoms with Crippen molar-refractivity contribution < 1.29 is 23.7 Å². The lowest BCUT2D eigenvalue weighted by Gasteiger charge is -2.47. The molecule has 2 aliphatic heterocycles. The van der Waals surface area contributed by atoms with Gasteiger partial charge in [-0.05, 0) is 23.9 Å². The van der Waals surface area contributed by atoms with Crippen LogP contribution in [0.15, 0.2) is 65.8 Å². The summed E-state index contributed by atoms with van der Waals surface area (Å²) in [5.41, 5.74) is 9.88. The smallest absolute Gasteiger partial charge is 0.338 e. The molecular formula is C21H21N3O5S. The highest BCUT2D eigenvalue weighted by Crippen LogP contribution is 2.38. The number of thioether (sulfide) groups is 1. The Morgan fingerprint density at radius 3 is 2.50 bits per heavy atom. The van der Waals surface area contributed by atoms with Crippen LogP contribution in [-0.2, 0) is 18.9 Å². The lowest BCUT2D eigenvalue weighted by molar-refractivity contribution is -0.304. The van der Waals surface area contributed by atoms with Gasteiger partial charge in [-0.25, -0.2) is 4.79 Å². The van der Waals surface area contributed by atoms with E-state index in [9.17, 15) is 4.79 Å². The molecule has 0 aliphatic carbocycles. The second kappa shape index (κ2) is 9.51. The lowest BCUT2D eigenvalue weighted by atomic mass is 9.97. The number of ether oxygens (including phenoxy) is 4. The Labute approximate surface area is 178 Å². The summed E-state index contributed by atoms with van der Waals surface area (Å²) >= 11 is 1.38. The van der Waals surface area contributed by atoms with Gasteiger partial charge in [0, 0.05) is 10.5 Å². The van der Waals surface area contributed by atoms with Crippen LogP contribution in [0.5, 0.6) is 0 Å². The van der Waals surface area contributed by atoms with Crippen LogP contribution in [0.1, 0.15) is 22.2 Å². The van der Waals surface area contributed by atoms with Crippen molar-refractivity contribution in [2.75, 3.05) is 12.9 Å². The first-order valence-corrected chi connectivity index (χ1v) is 10.8. The first kappa shape index (κ1) is 20.7. The molecule has 0 saturated carbocycles. The molecule has 0 N–H and O–H groups in total. The summed E-state index contributed by atoms with van der Waals surface area (Å²) in [5.74, 6) is -0.509. The number of benzene rings is 2. The Balaban J connectivity index is 1.63. The standard InChI is InChI=1S/C21H21N3O5S/c1-30-21-16(23-24-22)18(28-19(25)13-8-4-2-5-9-13)17-15(27-21)12-26-20(29-17)14-10-6-3-7-11-14/h2-11,15-18,20-21H,12H2,1H3/t15?,16-,17+,18?,20?,21-/m0/s1. The molecule has 30 heavy (non-hydrogen) atoms. The zero-order valence-electron chi connectivity index (χ0n) is 16.2. The van der Waals surface area contributed by atoms with Crippen LogP contribution in [-0.4, -0.2) is 48.6 Å². The maximum atomic E-state index is 12.8. The van der Waals surface area contributed by atoms with Crippen LogP contribution in [0.4, 0.5) is 0 Å². The minimum Gasteiger partial charge on any atom is -0.455 e. The number of hydrogen-bond acceptors (Lipinski definition) is 7. The Morgan fingerprint density at radius 1 is 1.13 bits per heavy atom. The molecule has 3 unspecified atom stereocenters. The molecule has 6 atom stereocenters.